The lowest BCUT2D eigenvalue weighted by Crippen LogP contribution is -2.42. The van der Waals surface area contributed by atoms with Crippen molar-refractivity contribution in [3.8, 4) is 0 Å². The molecule has 2 aliphatic heterocycles. The van der Waals surface area contributed by atoms with E-state index in [0.717, 1.165) is 31.8 Å². The van der Waals surface area contributed by atoms with Gasteiger partial charge in [-0.05, 0) is 12.8 Å². The maximum Gasteiger partial charge on any atom is 0.325 e. The maximum absolute atomic E-state index is 11.6. The van der Waals surface area contributed by atoms with Crippen molar-refractivity contribution < 1.29 is 14.3 Å². The van der Waals surface area contributed by atoms with E-state index in [0.29, 0.717) is 24.9 Å². The highest BCUT2D eigenvalue weighted by molar-refractivity contribution is 7.99. The molecule has 18 heavy (non-hydrogen) atoms. The fraction of sp³-hybridized carbons (Fsp3) is 0.818. The first-order chi connectivity index (χ1) is 8.77. The van der Waals surface area contributed by atoms with Crippen molar-refractivity contribution in [2.75, 3.05) is 38.6 Å². The smallest absolute Gasteiger partial charge is 0.325 e. The number of imide groups is 1. The van der Waals surface area contributed by atoms with Gasteiger partial charge in [0.15, 0.2) is 0 Å². The van der Waals surface area contributed by atoms with Crippen LogP contribution < -0.4 is 10.6 Å². The predicted octanol–water partition coefficient (Wildman–Crippen LogP) is 0.633. The summed E-state index contributed by atoms with van der Waals surface area (Å²) >= 11 is 1.87. The van der Waals surface area contributed by atoms with E-state index in [-0.39, 0.29) is 12.1 Å². The molecule has 2 fully saturated rings. The monoisotopic (exact) mass is 273 g/mol. The molecule has 2 saturated heterocycles. The van der Waals surface area contributed by atoms with Gasteiger partial charge >= 0.3 is 12.1 Å². The first kappa shape index (κ1) is 13.5. The predicted molar refractivity (Wildman–Crippen MR) is 69.8 cm³/mol. The van der Waals surface area contributed by atoms with Gasteiger partial charge in [-0.1, -0.05) is 0 Å². The number of ether oxygens (including phenoxy) is 1. The minimum atomic E-state index is -0.301. The average molecular weight is 273 g/mol. The van der Waals surface area contributed by atoms with Crippen molar-refractivity contribution >= 4 is 23.8 Å². The van der Waals surface area contributed by atoms with Gasteiger partial charge in [-0.2, -0.15) is 11.8 Å². The van der Waals surface area contributed by atoms with E-state index >= 15 is 0 Å². The van der Waals surface area contributed by atoms with E-state index in [1.54, 1.807) is 0 Å². The van der Waals surface area contributed by atoms with E-state index in [1.807, 2.05) is 11.8 Å². The number of hydrogen-bond acceptors (Lipinski definition) is 4. The Balaban J connectivity index is 1.57. The zero-order chi connectivity index (χ0) is 12.8. The second-order valence-corrected chi connectivity index (χ2v) is 5.71. The molecule has 0 aliphatic carbocycles. The van der Waals surface area contributed by atoms with Gasteiger partial charge in [0, 0.05) is 43.9 Å². The number of nitrogens with zero attached hydrogens (tertiary/aromatic N) is 1. The van der Waals surface area contributed by atoms with Crippen LogP contribution in [-0.2, 0) is 4.74 Å². The third kappa shape index (κ3) is 3.78. The highest BCUT2D eigenvalue weighted by Crippen LogP contribution is 2.21. The van der Waals surface area contributed by atoms with Crippen LogP contribution in [0.1, 0.15) is 12.8 Å². The molecule has 0 aromatic carbocycles. The molecule has 0 unspecified atom stereocenters. The van der Waals surface area contributed by atoms with Crippen LogP contribution in [0.5, 0.6) is 0 Å². The zero-order valence-corrected chi connectivity index (χ0v) is 11.1. The van der Waals surface area contributed by atoms with E-state index in [2.05, 4.69) is 10.6 Å². The molecule has 0 aromatic heterocycles. The Morgan fingerprint density at radius 1 is 1.50 bits per heavy atom. The van der Waals surface area contributed by atoms with Crippen molar-refractivity contribution in [2.24, 2.45) is 0 Å². The summed E-state index contributed by atoms with van der Waals surface area (Å²) in [6, 6.07) is -0.595. The van der Waals surface area contributed by atoms with Gasteiger partial charge in [0.2, 0.25) is 0 Å². The number of carbonyl (C=O) groups excluding carboxylic acids is 2. The van der Waals surface area contributed by atoms with E-state index in [1.165, 1.54) is 4.90 Å². The van der Waals surface area contributed by atoms with Gasteiger partial charge < -0.3 is 15.4 Å². The zero-order valence-electron chi connectivity index (χ0n) is 10.3. The summed E-state index contributed by atoms with van der Waals surface area (Å²) in [6.45, 7) is 3.29. The molecule has 0 aromatic rings. The quantitative estimate of drug-likeness (QED) is 0.737. The number of hydrogen-bond donors (Lipinski definition) is 2. The first-order valence-electron chi connectivity index (χ1n) is 6.30. The number of nitrogens with one attached hydrogen (secondary N) is 2. The Kier molecular flexibility index (Phi) is 5.12. The molecule has 2 aliphatic rings. The Hall–Kier alpha value is -0.950. The second-order valence-electron chi connectivity index (χ2n) is 4.30. The Labute approximate surface area is 111 Å². The third-order valence-electron chi connectivity index (χ3n) is 3.00. The minimum absolute atomic E-state index is 0.294. The summed E-state index contributed by atoms with van der Waals surface area (Å²) in [7, 11) is 0. The summed E-state index contributed by atoms with van der Waals surface area (Å²) in [6.07, 6.45) is 2.18. The molecule has 2 heterocycles. The largest absolute Gasteiger partial charge is 0.381 e. The van der Waals surface area contributed by atoms with Gasteiger partial charge in [-0.3, -0.25) is 0 Å². The van der Waals surface area contributed by atoms with Gasteiger partial charge in [-0.15, -0.1) is 0 Å². The van der Waals surface area contributed by atoms with Crippen molar-refractivity contribution in [1.82, 2.24) is 15.5 Å². The molecule has 4 amide bonds. The van der Waals surface area contributed by atoms with Crippen LogP contribution in [0, 0.1) is 0 Å². The maximum atomic E-state index is 11.6. The number of rotatable bonds is 4. The van der Waals surface area contributed by atoms with Gasteiger partial charge in [0.25, 0.3) is 0 Å². The molecular formula is C11H19N3O3S. The average Bonchev–Trinajstić information content (AvgIpc) is 2.82. The lowest BCUT2D eigenvalue weighted by molar-refractivity contribution is 0.100. The number of urea groups is 2. The molecule has 0 saturated carbocycles. The summed E-state index contributed by atoms with van der Waals surface area (Å²) in [4.78, 5) is 24.1. The van der Waals surface area contributed by atoms with Crippen molar-refractivity contribution in [2.45, 2.75) is 18.1 Å². The second kappa shape index (κ2) is 6.84. The van der Waals surface area contributed by atoms with Gasteiger partial charge in [0.1, 0.15) is 0 Å². The molecule has 0 radical (unpaired) electrons. The summed E-state index contributed by atoms with van der Waals surface area (Å²) in [5.41, 5.74) is 0. The van der Waals surface area contributed by atoms with Crippen LogP contribution in [-0.4, -0.2) is 60.8 Å². The fourth-order valence-electron chi connectivity index (χ4n) is 1.99. The van der Waals surface area contributed by atoms with Crippen LogP contribution >= 0.6 is 11.8 Å². The van der Waals surface area contributed by atoms with Gasteiger partial charge in [0.05, 0.1) is 0 Å². The molecule has 0 spiro atoms. The van der Waals surface area contributed by atoms with Crippen molar-refractivity contribution in [1.29, 1.82) is 0 Å². The third-order valence-corrected chi connectivity index (χ3v) is 4.38. The normalized spacial score (nSPS) is 20.9. The number of thioether (sulfide) groups is 1. The Morgan fingerprint density at radius 3 is 2.94 bits per heavy atom. The van der Waals surface area contributed by atoms with E-state index in [4.69, 9.17) is 4.74 Å². The SMILES string of the molecule is O=C(NCCSC1CCOCC1)N1CCNC1=O. The van der Waals surface area contributed by atoms with Crippen LogP contribution in [0.3, 0.4) is 0 Å². The van der Waals surface area contributed by atoms with Crippen LogP contribution in [0.25, 0.3) is 0 Å². The molecule has 102 valence electrons. The summed E-state index contributed by atoms with van der Waals surface area (Å²) in [5, 5.41) is 6.01. The standard InChI is InChI=1S/C11H19N3O3S/c15-10-12-3-5-14(10)11(16)13-4-8-18-9-1-6-17-7-2-9/h9H,1-8H2,(H,12,15)(H,13,16). The highest BCUT2D eigenvalue weighted by atomic mass is 32.2. The van der Waals surface area contributed by atoms with Gasteiger partial charge in [-0.25, -0.2) is 14.5 Å². The summed E-state index contributed by atoms with van der Waals surface area (Å²) in [5.74, 6) is 0.881. The van der Waals surface area contributed by atoms with Crippen molar-refractivity contribution in [3.63, 3.8) is 0 Å². The van der Waals surface area contributed by atoms with E-state index in [9.17, 15) is 9.59 Å². The van der Waals surface area contributed by atoms with Crippen LogP contribution in [0.15, 0.2) is 0 Å². The number of amides is 4. The molecular weight excluding hydrogens is 254 g/mol. The molecule has 2 rings (SSSR count). The lowest BCUT2D eigenvalue weighted by atomic mass is 10.2. The Morgan fingerprint density at radius 2 is 2.28 bits per heavy atom. The minimum Gasteiger partial charge on any atom is -0.381 e. The molecule has 6 nitrogen and oxygen atoms in total. The van der Waals surface area contributed by atoms with Crippen LogP contribution in [0.4, 0.5) is 9.59 Å². The van der Waals surface area contributed by atoms with Crippen LogP contribution in [0.2, 0.25) is 0 Å². The fourth-order valence-corrected chi connectivity index (χ4v) is 3.07. The Bertz CT molecular complexity index is 308. The molecule has 7 heteroatoms. The number of carbonyl (C=O) groups is 2. The van der Waals surface area contributed by atoms with Crippen molar-refractivity contribution in [3.05, 3.63) is 0 Å². The molecule has 0 bridgehead atoms. The highest BCUT2D eigenvalue weighted by Gasteiger charge is 2.25. The molecule has 2 N–H and O–H groups in total. The summed E-state index contributed by atoms with van der Waals surface area (Å²) < 4.78 is 5.29. The lowest BCUT2D eigenvalue weighted by Gasteiger charge is -2.21. The first-order valence-corrected chi connectivity index (χ1v) is 7.35. The molecule has 0 atom stereocenters. The topological polar surface area (TPSA) is 70.7 Å². The van der Waals surface area contributed by atoms with E-state index < -0.39 is 0 Å².